The Morgan fingerprint density at radius 1 is 0.969 bits per heavy atom. The summed E-state index contributed by atoms with van der Waals surface area (Å²) >= 11 is 0. The number of nitrogens with one attached hydrogen (secondary N) is 1. The number of nitrogens with zero attached hydrogens (tertiary/aromatic N) is 2. The number of non-ortho nitro benzene ring substituents is 1. The van der Waals surface area contributed by atoms with Gasteiger partial charge in [-0.3, -0.25) is 14.9 Å². The molecule has 1 amide bonds. The van der Waals surface area contributed by atoms with Gasteiger partial charge in [-0.15, -0.1) is 0 Å². The first kappa shape index (κ1) is 23.1. The molecule has 32 heavy (non-hydrogen) atoms. The molecule has 0 atom stereocenters. The number of aryl methyl sites for hydroxylation is 2. The lowest BCUT2D eigenvalue weighted by atomic mass is 10.1. The molecule has 0 heterocycles. The Hall–Kier alpha value is -3.56. The van der Waals surface area contributed by atoms with Crippen LogP contribution in [-0.4, -0.2) is 30.1 Å². The van der Waals surface area contributed by atoms with Crippen LogP contribution in [0.25, 0.3) is 0 Å². The predicted molar refractivity (Wildman–Crippen MR) is 122 cm³/mol. The second kappa shape index (κ2) is 9.71. The van der Waals surface area contributed by atoms with E-state index in [4.69, 9.17) is 0 Å². The van der Waals surface area contributed by atoms with Gasteiger partial charge in [0.05, 0.1) is 16.4 Å². The molecule has 0 aliphatic rings. The minimum Gasteiger partial charge on any atom is -0.325 e. The van der Waals surface area contributed by atoms with Gasteiger partial charge in [0.25, 0.3) is 5.69 Å². The summed E-state index contributed by atoms with van der Waals surface area (Å²) in [6, 6.07) is 19.3. The minimum absolute atomic E-state index is 0.000245. The summed E-state index contributed by atoms with van der Waals surface area (Å²) in [7, 11) is -3.97. The van der Waals surface area contributed by atoms with E-state index in [1.165, 1.54) is 36.4 Å². The van der Waals surface area contributed by atoms with Crippen LogP contribution in [0.2, 0.25) is 0 Å². The van der Waals surface area contributed by atoms with Crippen molar-refractivity contribution in [3.63, 3.8) is 0 Å². The number of nitro benzene ring substituents is 1. The Labute approximate surface area is 186 Å². The topological polar surface area (TPSA) is 110 Å². The van der Waals surface area contributed by atoms with E-state index >= 15 is 0 Å². The lowest BCUT2D eigenvalue weighted by Crippen LogP contribution is -2.37. The number of nitro groups is 1. The summed E-state index contributed by atoms with van der Waals surface area (Å²) in [5.74, 6) is -0.603. The maximum absolute atomic E-state index is 13.3. The maximum atomic E-state index is 13.3. The molecular weight excluding hydrogens is 430 g/mol. The van der Waals surface area contributed by atoms with Crippen LogP contribution >= 0.6 is 0 Å². The largest absolute Gasteiger partial charge is 0.325 e. The van der Waals surface area contributed by atoms with Gasteiger partial charge in [0.2, 0.25) is 15.9 Å². The van der Waals surface area contributed by atoms with E-state index in [1.807, 2.05) is 32.0 Å². The van der Waals surface area contributed by atoms with Crippen LogP contribution in [0, 0.1) is 24.0 Å². The second-order valence-corrected chi connectivity index (χ2v) is 9.37. The number of anilines is 1. The molecule has 3 aromatic carbocycles. The lowest BCUT2D eigenvalue weighted by Gasteiger charge is -2.22. The standard InChI is InChI=1S/C23H23N3O5S/c1-17-9-11-22(12-10-17)32(30,31)25(15-19-6-3-5-18(2)13-19)16-23(27)24-20-7-4-8-21(14-20)26(28)29/h3-14H,15-16H2,1-2H3,(H,24,27). The molecule has 0 radical (unpaired) electrons. The van der Waals surface area contributed by atoms with E-state index in [9.17, 15) is 23.3 Å². The van der Waals surface area contributed by atoms with Gasteiger partial charge in [-0.05, 0) is 37.6 Å². The molecule has 3 aromatic rings. The zero-order chi connectivity index (χ0) is 23.3. The summed E-state index contributed by atoms with van der Waals surface area (Å²) in [5, 5.41) is 13.5. The highest BCUT2D eigenvalue weighted by atomic mass is 32.2. The highest BCUT2D eigenvalue weighted by Crippen LogP contribution is 2.21. The third kappa shape index (κ3) is 5.77. The molecular formula is C23H23N3O5S. The molecule has 0 spiro atoms. The Morgan fingerprint density at radius 2 is 1.66 bits per heavy atom. The Morgan fingerprint density at radius 3 is 2.31 bits per heavy atom. The summed E-state index contributed by atoms with van der Waals surface area (Å²) in [6.07, 6.45) is 0. The lowest BCUT2D eigenvalue weighted by molar-refractivity contribution is -0.384. The molecule has 0 unspecified atom stereocenters. The molecule has 0 saturated heterocycles. The number of carbonyl (C=O) groups is 1. The highest BCUT2D eigenvalue weighted by Gasteiger charge is 2.27. The van der Waals surface area contributed by atoms with Gasteiger partial charge in [0, 0.05) is 24.4 Å². The van der Waals surface area contributed by atoms with Crippen LogP contribution in [-0.2, 0) is 21.4 Å². The second-order valence-electron chi connectivity index (χ2n) is 7.43. The molecule has 0 aliphatic heterocycles. The van der Waals surface area contributed by atoms with Crippen LogP contribution in [0.15, 0.2) is 77.7 Å². The third-order valence-electron chi connectivity index (χ3n) is 4.76. The van der Waals surface area contributed by atoms with Gasteiger partial charge in [-0.25, -0.2) is 8.42 Å². The summed E-state index contributed by atoms with van der Waals surface area (Å²) < 4.78 is 27.7. The molecule has 3 rings (SSSR count). The van der Waals surface area contributed by atoms with Crippen LogP contribution in [0.1, 0.15) is 16.7 Å². The van der Waals surface area contributed by atoms with E-state index in [0.29, 0.717) is 0 Å². The summed E-state index contributed by atoms with van der Waals surface area (Å²) in [4.78, 5) is 23.2. The maximum Gasteiger partial charge on any atom is 0.271 e. The quantitative estimate of drug-likeness (QED) is 0.409. The smallest absolute Gasteiger partial charge is 0.271 e. The van der Waals surface area contributed by atoms with Crippen molar-refractivity contribution in [2.45, 2.75) is 25.3 Å². The number of sulfonamides is 1. The molecule has 0 aromatic heterocycles. The van der Waals surface area contributed by atoms with Crippen LogP contribution in [0.3, 0.4) is 0 Å². The zero-order valence-electron chi connectivity index (χ0n) is 17.7. The van der Waals surface area contributed by atoms with Crippen LogP contribution in [0.5, 0.6) is 0 Å². The third-order valence-corrected chi connectivity index (χ3v) is 6.57. The van der Waals surface area contributed by atoms with Crippen molar-refractivity contribution in [1.29, 1.82) is 0 Å². The fraction of sp³-hybridized carbons (Fsp3) is 0.174. The number of benzene rings is 3. The first-order valence-electron chi connectivity index (χ1n) is 9.82. The van der Waals surface area contributed by atoms with Crippen molar-refractivity contribution in [1.82, 2.24) is 4.31 Å². The van der Waals surface area contributed by atoms with E-state index in [-0.39, 0.29) is 22.8 Å². The van der Waals surface area contributed by atoms with E-state index < -0.39 is 27.4 Å². The minimum atomic E-state index is -3.97. The number of rotatable bonds is 8. The van der Waals surface area contributed by atoms with Gasteiger partial charge in [-0.1, -0.05) is 53.6 Å². The number of hydrogen-bond acceptors (Lipinski definition) is 5. The molecule has 9 heteroatoms. The molecule has 166 valence electrons. The van der Waals surface area contributed by atoms with Gasteiger partial charge < -0.3 is 5.32 Å². The van der Waals surface area contributed by atoms with Gasteiger partial charge in [-0.2, -0.15) is 4.31 Å². The first-order valence-corrected chi connectivity index (χ1v) is 11.3. The summed E-state index contributed by atoms with van der Waals surface area (Å²) in [5.41, 5.74) is 2.66. The average molecular weight is 454 g/mol. The van der Waals surface area contributed by atoms with E-state index in [1.54, 1.807) is 18.2 Å². The van der Waals surface area contributed by atoms with Crippen LogP contribution < -0.4 is 5.32 Å². The van der Waals surface area contributed by atoms with Gasteiger partial charge in [0.15, 0.2) is 0 Å². The Balaban J connectivity index is 1.88. The van der Waals surface area contributed by atoms with Crippen molar-refractivity contribution < 1.29 is 18.1 Å². The SMILES string of the molecule is Cc1ccc(S(=O)(=O)N(CC(=O)Nc2cccc([N+](=O)[O-])c2)Cc2cccc(C)c2)cc1. The van der Waals surface area contributed by atoms with Crippen molar-refractivity contribution in [3.05, 3.63) is 99.6 Å². The average Bonchev–Trinajstić information content (AvgIpc) is 2.74. The molecule has 1 N–H and O–H groups in total. The Kier molecular flexibility index (Phi) is 7.01. The molecule has 0 aliphatic carbocycles. The fourth-order valence-electron chi connectivity index (χ4n) is 3.16. The molecule has 0 fully saturated rings. The monoisotopic (exact) mass is 453 g/mol. The number of carbonyl (C=O) groups excluding carboxylic acids is 1. The predicted octanol–water partition coefficient (Wildman–Crippen LogP) is 4.04. The number of amides is 1. The van der Waals surface area contributed by atoms with Crippen molar-refractivity contribution in [2.24, 2.45) is 0 Å². The van der Waals surface area contributed by atoms with Crippen molar-refractivity contribution in [3.8, 4) is 0 Å². The molecule has 0 saturated carbocycles. The number of hydrogen-bond donors (Lipinski definition) is 1. The Bertz CT molecular complexity index is 1240. The van der Waals surface area contributed by atoms with Gasteiger partial charge >= 0.3 is 0 Å². The zero-order valence-corrected chi connectivity index (χ0v) is 18.5. The van der Waals surface area contributed by atoms with E-state index in [2.05, 4.69) is 5.32 Å². The normalized spacial score (nSPS) is 11.3. The first-order chi connectivity index (χ1) is 15.1. The van der Waals surface area contributed by atoms with Crippen LogP contribution in [0.4, 0.5) is 11.4 Å². The van der Waals surface area contributed by atoms with Crippen molar-refractivity contribution in [2.75, 3.05) is 11.9 Å². The van der Waals surface area contributed by atoms with Crippen molar-refractivity contribution >= 4 is 27.3 Å². The summed E-state index contributed by atoms with van der Waals surface area (Å²) in [6.45, 7) is 3.30. The highest BCUT2D eigenvalue weighted by molar-refractivity contribution is 7.89. The van der Waals surface area contributed by atoms with Gasteiger partial charge in [0.1, 0.15) is 0 Å². The van der Waals surface area contributed by atoms with E-state index in [0.717, 1.165) is 21.0 Å². The molecule has 0 bridgehead atoms. The fourth-order valence-corrected chi connectivity index (χ4v) is 4.54. The molecule has 8 nitrogen and oxygen atoms in total.